The van der Waals surface area contributed by atoms with E-state index in [1.54, 1.807) is 0 Å². The molecule has 0 saturated heterocycles. The van der Waals surface area contributed by atoms with Crippen molar-refractivity contribution >= 4 is 24.0 Å². The van der Waals surface area contributed by atoms with Crippen LogP contribution < -0.4 is 11.1 Å². The molecule has 0 bridgehead atoms. The number of anilines is 1. The van der Waals surface area contributed by atoms with E-state index in [-0.39, 0.29) is 24.2 Å². The van der Waals surface area contributed by atoms with Gasteiger partial charge in [-0.2, -0.15) is 0 Å². The summed E-state index contributed by atoms with van der Waals surface area (Å²) in [5, 5.41) is 2.89. The zero-order chi connectivity index (χ0) is 12.4. The lowest BCUT2D eigenvalue weighted by atomic mass is 10.0. The molecule has 3 nitrogen and oxygen atoms in total. The van der Waals surface area contributed by atoms with Crippen LogP contribution in [0.3, 0.4) is 0 Å². The highest BCUT2D eigenvalue weighted by Gasteiger charge is 2.18. The Morgan fingerprint density at radius 1 is 1.28 bits per heavy atom. The first kappa shape index (κ1) is 15.0. The summed E-state index contributed by atoms with van der Waals surface area (Å²) >= 11 is 0. The number of carbonyl (C=O) groups is 1. The molecule has 0 aromatic heterocycles. The molecule has 1 amide bonds. The largest absolute Gasteiger partial charge is 0.325 e. The van der Waals surface area contributed by atoms with Crippen molar-refractivity contribution in [2.75, 3.05) is 5.32 Å². The van der Waals surface area contributed by atoms with Crippen molar-refractivity contribution < 1.29 is 4.79 Å². The van der Waals surface area contributed by atoms with Crippen molar-refractivity contribution in [3.05, 3.63) is 29.3 Å². The van der Waals surface area contributed by atoms with Gasteiger partial charge < -0.3 is 11.1 Å². The molecular formula is C14H21ClN2O. The predicted molar refractivity (Wildman–Crippen MR) is 77.2 cm³/mol. The van der Waals surface area contributed by atoms with E-state index in [1.807, 2.05) is 19.9 Å². The third kappa shape index (κ3) is 3.24. The van der Waals surface area contributed by atoms with Crippen LogP contribution in [0, 0.1) is 5.92 Å². The zero-order valence-electron chi connectivity index (χ0n) is 10.9. The smallest absolute Gasteiger partial charge is 0.241 e. The molecule has 1 aliphatic rings. The summed E-state index contributed by atoms with van der Waals surface area (Å²) in [7, 11) is 0. The summed E-state index contributed by atoms with van der Waals surface area (Å²) < 4.78 is 0. The molecule has 2 rings (SSSR count). The number of hydrogen-bond donors (Lipinski definition) is 2. The van der Waals surface area contributed by atoms with Crippen LogP contribution in [0.1, 0.15) is 31.4 Å². The van der Waals surface area contributed by atoms with Gasteiger partial charge in [-0.25, -0.2) is 0 Å². The average Bonchev–Trinajstić information content (AvgIpc) is 2.74. The van der Waals surface area contributed by atoms with Crippen LogP contribution >= 0.6 is 12.4 Å². The molecular weight excluding hydrogens is 248 g/mol. The van der Waals surface area contributed by atoms with Gasteiger partial charge in [0.2, 0.25) is 5.91 Å². The molecule has 1 aromatic rings. The molecule has 18 heavy (non-hydrogen) atoms. The van der Waals surface area contributed by atoms with Gasteiger partial charge in [-0.1, -0.05) is 19.9 Å². The minimum Gasteiger partial charge on any atom is -0.325 e. The lowest BCUT2D eigenvalue weighted by molar-refractivity contribution is -0.118. The molecule has 0 fully saturated rings. The summed E-state index contributed by atoms with van der Waals surface area (Å²) in [5.74, 6) is 0.0578. The molecule has 100 valence electrons. The number of nitrogens with one attached hydrogen (secondary N) is 1. The van der Waals surface area contributed by atoms with Crippen LogP contribution in [-0.2, 0) is 17.6 Å². The van der Waals surface area contributed by atoms with E-state index in [2.05, 4.69) is 17.4 Å². The van der Waals surface area contributed by atoms with Gasteiger partial charge in [0.15, 0.2) is 0 Å². The number of benzene rings is 1. The SMILES string of the molecule is CC(C)C(N)C(=O)Nc1ccc2c(c1)CCC2.Cl. The fourth-order valence-electron chi connectivity index (χ4n) is 2.18. The highest BCUT2D eigenvalue weighted by atomic mass is 35.5. The standard InChI is InChI=1S/C14H20N2O.ClH/c1-9(2)13(15)14(17)16-12-7-6-10-4-3-5-11(10)8-12;/h6-9,13H,3-5,15H2,1-2H3,(H,16,17);1H. The number of aryl methyl sites for hydroxylation is 2. The van der Waals surface area contributed by atoms with Crippen molar-refractivity contribution in [1.29, 1.82) is 0 Å². The quantitative estimate of drug-likeness (QED) is 0.885. The van der Waals surface area contributed by atoms with E-state index in [1.165, 1.54) is 17.5 Å². The van der Waals surface area contributed by atoms with Crippen molar-refractivity contribution in [3.63, 3.8) is 0 Å². The molecule has 1 unspecified atom stereocenters. The Hall–Kier alpha value is -1.06. The van der Waals surface area contributed by atoms with Gasteiger partial charge >= 0.3 is 0 Å². The van der Waals surface area contributed by atoms with Crippen molar-refractivity contribution in [2.45, 2.75) is 39.2 Å². The number of fused-ring (bicyclic) bond motifs is 1. The van der Waals surface area contributed by atoms with Gasteiger partial charge in [-0.05, 0) is 48.4 Å². The Balaban J connectivity index is 0.00000162. The van der Waals surface area contributed by atoms with E-state index in [0.29, 0.717) is 0 Å². The number of hydrogen-bond acceptors (Lipinski definition) is 2. The highest BCUT2D eigenvalue weighted by Crippen LogP contribution is 2.24. The van der Waals surface area contributed by atoms with Crippen LogP contribution in [-0.4, -0.2) is 11.9 Å². The summed E-state index contributed by atoms with van der Waals surface area (Å²) in [4.78, 5) is 11.8. The number of halogens is 1. The highest BCUT2D eigenvalue weighted by molar-refractivity contribution is 5.94. The fraction of sp³-hybridized carbons (Fsp3) is 0.500. The Kier molecular flexibility index (Phi) is 5.17. The van der Waals surface area contributed by atoms with Crippen LogP contribution in [0.25, 0.3) is 0 Å². The summed E-state index contributed by atoms with van der Waals surface area (Å²) in [5.41, 5.74) is 9.45. The molecule has 0 spiro atoms. The second-order valence-corrected chi connectivity index (χ2v) is 5.10. The normalized spacial score (nSPS) is 14.9. The average molecular weight is 269 g/mol. The first-order valence-electron chi connectivity index (χ1n) is 6.26. The van der Waals surface area contributed by atoms with Gasteiger partial charge in [0.25, 0.3) is 0 Å². The first-order valence-corrected chi connectivity index (χ1v) is 6.26. The molecule has 0 heterocycles. The van der Waals surface area contributed by atoms with E-state index in [0.717, 1.165) is 18.5 Å². The first-order chi connectivity index (χ1) is 8.08. The van der Waals surface area contributed by atoms with Gasteiger partial charge in [-0.15, -0.1) is 12.4 Å². The van der Waals surface area contributed by atoms with Gasteiger partial charge in [0.1, 0.15) is 0 Å². The Morgan fingerprint density at radius 3 is 2.61 bits per heavy atom. The topological polar surface area (TPSA) is 55.1 Å². The Morgan fingerprint density at radius 2 is 1.94 bits per heavy atom. The van der Waals surface area contributed by atoms with Crippen molar-refractivity contribution in [3.8, 4) is 0 Å². The minimum atomic E-state index is -0.441. The van der Waals surface area contributed by atoms with E-state index in [9.17, 15) is 4.79 Å². The van der Waals surface area contributed by atoms with Gasteiger partial charge in [0.05, 0.1) is 6.04 Å². The lowest BCUT2D eigenvalue weighted by Crippen LogP contribution is -2.39. The predicted octanol–water partition coefficient (Wildman–Crippen LogP) is 2.52. The fourth-order valence-corrected chi connectivity index (χ4v) is 2.18. The molecule has 1 aromatic carbocycles. The molecule has 0 aliphatic heterocycles. The lowest BCUT2D eigenvalue weighted by Gasteiger charge is -2.15. The third-order valence-electron chi connectivity index (χ3n) is 3.39. The minimum absolute atomic E-state index is 0. The van der Waals surface area contributed by atoms with E-state index >= 15 is 0 Å². The number of amides is 1. The van der Waals surface area contributed by atoms with Crippen molar-refractivity contribution in [2.24, 2.45) is 11.7 Å². The second kappa shape index (κ2) is 6.21. The van der Waals surface area contributed by atoms with Crippen LogP contribution in [0.4, 0.5) is 5.69 Å². The zero-order valence-corrected chi connectivity index (χ0v) is 11.7. The van der Waals surface area contributed by atoms with Crippen LogP contribution in [0.2, 0.25) is 0 Å². The third-order valence-corrected chi connectivity index (χ3v) is 3.39. The molecule has 4 heteroatoms. The van der Waals surface area contributed by atoms with Crippen molar-refractivity contribution in [1.82, 2.24) is 0 Å². The molecule has 0 saturated carbocycles. The summed E-state index contributed by atoms with van der Waals surface area (Å²) in [6.45, 7) is 3.90. The maximum atomic E-state index is 11.8. The molecule has 1 aliphatic carbocycles. The van der Waals surface area contributed by atoms with Crippen LogP contribution in [0.5, 0.6) is 0 Å². The molecule has 3 N–H and O–H groups in total. The molecule has 0 radical (unpaired) electrons. The number of carbonyl (C=O) groups excluding carboxylic acids is 1. The number of nitrogens with two attached hydrogens (primary N) is 1. The maximum absolute atomic E-state index is 11.8. The van der Waals surface area contributed by atoms with E-state index < -0.39 is 6.04 Å². The molecule has 1 atom stereocenters. The summed E-state index contributed by atoms with van der Waals surface area (Å²) in [6, 6.07) is 5.71. The van der Waals surface area contributed by atoms with Crippen LogP contribution in [0.15, 0.2) is 18.2 Å². The second-order valence-electron chi connectivity index (χ2n) is 5.10. The Labute approximate surface area is 115 Å². The maximum Gasteiger partial charge on any atom is 0.241 e. The van der Waals surface area contributed by atoms with Gasteiger partial charge in [0, 0.05) is 5.69 Å². The Bertz CT molecular complexity index is 432. The summed E-state index contributed by atoms with van der Waals surface area (Å²) in [6.07, 6.45) is 3.50. The number of rotatable bonds is 3. The monoisotopic (exact) mass is 268 g/mol. The van der Waals surface area contributed by atoms with Gasteiger partial charge in [-0.3, -0.25) is 4.79 Å². The van der Waals surface area contributed by atoms with E-state index in [4.69, 9.17) is 5.73 Å².